The van der Waals surface area contributed by atoms with Gasteiger partial charge in [0.1, 0.15) is 0 Å². The first kappa shape index (κ1) is 37.1. The Morgan fingerprint density at radius 2 is 0.828 bits per heavy atom. The Morgan fingerprint density at radius 1 is 0.552 bits per heavy atom. The molecule has 0 aliphatic heterocycles. The van der Waals surface area contributed by atoms with Crippen LogP contribution in [0, 0.1) is 0 Å². The zero-order valence-electron chi connectivity index (χ0n) is 14.8. The molecular weight excluding hydrogens is 386 g/mol. The van der Waals surface area contributed by atoms with Crippen molar-refractivity contribution in [1.29, 1.82) is 0 Å². The van der Waals surface area contributed by atoms with E-state index < -0.39 is 0 Å². The van der Waals surface area contributed by atoms with Gasteiger partial charge in [-0.25, -0.2) is 0 Å². The minimum absolute atomic E-state index is 0. The second-order valence-corrected chi connectivity index (χ2v) is 5.07. The van der Waals surface area contributed by atoms with Gasteiger partial charge in [-0.15, -0.1) is 12.4 Å². The second-order valence-electron chi connectivity index (χ2n) is 5.07. The zero-order valence-corrected chi connectivity index (χ0v) is 15.6. The van der Waals surface area contributed by atoms with Crippen LogP contribution in [0.25, 0.3) is 0 Å². The van der Waals surface area contributed by atoms with Crippen LogP contribution < -0.4 is 17.2 Å². The lowest BCUT2D eigenvalue weighted by Gasteiger charge is -2.02. The van der Waals surface area contributed by atoms with E-state index in [1.54, 1.807) is 0 Å². The standard InChI is InChI=1S/C13H14N2.C6H7N.CH4O.3CH4.ClH.H2O/c14-12-5-1-10(2-6-12)9-11-3-7-13(15)8-4-11;7-6-4-2-1-3-5-6;1-2;;;;;/h1-8H,9,14-15H2;1-5H,7H2;2H,1H3;3*1H4;1H;1H2. The number of nitrogen functional groups attached to an aromatic ring is 3. The van der Waals surface area contributed by atoms with E-state index in [0.717, 1.165) is 30.6 Å². The molecule has 0 unspecified atom stereocenters. The van der Waals surface area contributed by atoms with Crippen molar-refractivity contribution in [2.45, 2.75) is 28.7 Å². The summed E-state index contributed by atoms with van der Waals surface area (Å²) in [6.45, 7) is 0. The van der Waals surface area contributed by atoms with Gasteiger partial charge in [-0.1, -0.05) is 64.7 Å². The number of aliphatic hydroxyl groups excluding tert-OH is 1. The maximum Gasteiger partial charge on any atom is 0.0319 e. The van der Waals surface area contributed by atoms with Crippen molar-refractivity contribution in [2.24, 2.45) is 0 Å². The smallest absolute Gasteiger partial charge is 0.0319 e. The topological polar surface area (TPSA) is 130 Å². The molecule has 3 aromatic carbocycles. The highest BCUT2D eigenvalue weighted by molar-refractivity contribution is 5.85. The molecule has 0 spiro atoms. The van der Waals surface area contributed by atoms with E-state index in [9.17, 15) is 0 Å². The Labute approximate surface area is 183 Å². The summed E-state index contributed by atoms with van der Waals surface area (Å²) in [4.78, 5) is 0. The highest BCUT2D eigenvalue weighted by Gasteiger charge is 1.95. The number of rotatable bonds is 2. The molecule has 3 rings (SSSR count). The van der Waals surface area contributed by atoms with Gasteiger partial charge in [-0.3, -0.25) is 0 Å². The van der Waals surface area contributed by atoms with Crippen LogP contribution in [0.1, 0.15) is 33.4 Å². The molecule has 0 aromatic heterocycles. The van der Waals surface area contributed by atoms with E-state index in [4.69, 9.17) is 22.3 Å². The van der Waals surface area contributed by atoms with E-state index in [1.165, 1.54) is 11.1 Å². The minimum Gasteiger partial charge on any atom is -0.412 e. The SMILES string of the molecule is C.C.C.CO.Cl.Nc1ccc(Cc2ccc(N)cc2)cc1.Nc1ccccc1.O. The minimum atomic E-state index is 0. The molecule has 0 amide bonds. The van der Waals surface area contributed by atoms with E-state index in [1.807, 2.05) is 78.9 Å². The highest BCUT2D eigenvalue weighted by atomic mass is 35.5. The Balaban J connectivity index is -0.000000120. The molecule has 3 aromatic rings. The van der Waals surface area contributed by atoms with Crippen LogP contribution >= 0.6 is 12.4 Å². The van der Waals surface area contributed by atoms with E-state index in [2.05, 4.69) is 0 Å². The Kier molecular flexibility index (Phi) is 27.6. The first-order valence-corrected chi connectivity index (χ1v) is 7.57. The first-order valence-electron chi connectivity index (χ1n) is 7.57. The van der Waals surface area contributed by atoms with Crippen LogP contribution in [0.4, 0.5) is 17.1 Å². The molecule has 0 atom stereocenters. The van der Waals surface area contributed by atoms with Crippen molar-refractivity contribution >= 4 is 29.5 Å². The number of halogens is 1. The van der Waals surface area contributed by atoms with Crippen LogP contribution in [0.15, 0.2) is 78.9 Å². The predicted octanol–water partition coefficient (Wildman–Crippen LogP) is 4.82. The maximum atomic E-state index is 7.00. The number of aliphatic hydroxyl groups is 1. The van der Waals surface area contributed by atoms with Gasteiger partial charge >= 0.3 is 0 Å². The zero-order chi connectivity index (χ0) is 17.8. The van der Waals surface area contributed by atoms with Gasteiger partial charge in [-0.05, 0) is 53.9 Å². The summed E-state index contributed by atoms with van der Waals surface area (Å²) in [5.41, 5.74) is 21.5. The van der Waals surface area contributed by atoms with Crippen molar-refractivity contribution in [3.8, 4) is 0 Å². The molecule has 29 heavy (non-hydrogen) atoms. The van der Waals surface area contributed by atoms with Gasteiger partial charge in [0.25, 0.3) is 0 Å². The van der Waals surface area contributed by atoms with Crippen LogP contribution in [-0.2, 0) is 6.42 Å². The molecular formula is C23H40ClN3O2. The predicted molar refractivity (Wildman–Crippen MR) is 135 cm³/mol. The first-order chi connectivity index (χ1) is 11.6. The average molecular weight is 426 g/mol. The van der Waals surface area contributed by atoms with Crippen LogP contribution in [-0.4, -0.2) is 17.7 Å². The van der Waals surface area contributed by atoms with Gasteiger partial charge in [0.2, 0.25) is 0 Å². The van der Waals surface area contributed by atoms with Crippen LogP contribution in [0.3, 0.4) is 0 Å². The molecule has 0 heterocycles. The Hall–Kier alpha value is -2.73. The number of anilines is 3. The number of hydrogen-bond acceptors (Lipinski definition) is 4. The summed E-state index contributed by atoms with van der Waals surface area (Å²) in [5.74, 6) is 0. The number of nitrogens with two attached hydrogens (primary N) is 3. The van der Waals surface area contributed by atoms with Crippen LogP contribution in [0.2, 0.25) is 0 Å². The van der Waals surface area contributed by atoms with Crippen molar-refractivity contribution in [3.05, 3.63) is 90.0 Å². The molecule has 0 aliphatic rings. The average Bonchev–Trinajstić information content (AvgIpc) is 2.62. The van der Waals surface area contributed by atoms with Crippen molar-refractivity contribution in [1.82, 2.24) is 0 Å². The molecule has 6 heteroatoms. The fraction of sp³-hybridized carbons (Fsp3) is 0.217. The quantitative estimate of drug-likeness (QED) is 0.438. The Morgan fingerprint density at radius 3 is 1.07 bits per heavy atom. The fourth-order valence-electron chi connectivity index (χ4n) is 1.96. The lowest BCUT2D eigenvalue weighted by Crippen LogP contribution is -1.90. The van der Waals surface area contributed by atoms with Gasteiger partial charge in [0.15, 0.2) is 0 Å². The number of benzene rings is 3. The number of para-hydroxylation sites is 1. The fourth-order valence-corrected chi connectivity index (χ4v) is 1.96. The van der Waals surface area contributed by atoms with Crippen LogP contribution in [0.5, 0.6) is 0 Å². The van der Waals surface area contributed by atoms with Gasteiger partial charge in [0.05, 0.1) is 0 Å². The molecule has 0 saturated carbocycles. The monoisotopic (exact) mass is 425 g/mol. The largest absolute Gasteiger partial charge is 0.412 e. The van der Waals surface area contributed by atoms with Gasteiger partial charge in [0, 0.05) is 24.2 Å². The summed E-state index contributed by atoms with van der Waals surface area (Å²) in [6.07, 6.45) is 0.917. The van der Waals surface area contributed by atoms with E-state index >= 15 is 0 Å². The van der Waals surface area contributed by atoms with Gasteiger partial charge in [-0.2, -0.15) is 0 Å². The third-order valence-electron chi connectivity index (χ3n) is 3.17. The molecule has 0 bridgehead atoms. The Bertz CT molecular complexity index is 648. The summed E-state index contributed by atoms with van der Waals surface area (Å²) >= 11 is 0. The normalized spacial score (nSPS) is 7.52. The molecule has 0 radical (unpaired) electrons. The summed E-state index contributed by atoms with van der Waals surface area (Å²) < 4.78 is 0. The van der Waals surface area contributed by atoms with Crippen molar-refractivity contribution < 1.29 is 10.6 Å². The highest BCUT2D eigenvalue weighted by Crippen LogP contribution is 2.13. The lowest BCUT2D eigenvalue weighted by molar-refractivity contribution is 0.399. The summed E-state index contributed by atoms with van der Waals surface area (Å²) in [6, 6.07) is 25.4. The number of hydrogen-bond donors (Lipinski definition) is 4. The van der Waals surface area contributed by atoms with Crippen molar-refractivity contribution in [3.63, 3.8) is 0 Å². The summed E-state index contributed by atoms with van der Waals surface area (Å²) in [7, 11) is 1.00. The van der Waals surface area contributed by atoms with Gasteiger partial charge < -0.3 is 27.8 Å². The van der Waals surface area contributed by atoms with Crippen molar-refractivity contribution in [2.75, 3.05) is 24.3 Å². The molecule has 0 aliphatic carbocycles. The molecule has 166 valence electrons. The third kappa shape index (κ3) is 16.0. The maximum absolute atomic E-state index is 7.00. The van der Waals surface area contributed by atoms with E-state index in [-0.39, 0.29) is 40.2 Å². The lowest BCUT2D eigenvalue weighted by atomic mass is 10.0. The third-order valence-corrected chi connectivity index (χ3v) is 3.17. The molecule has 5 nitrogen and oxygen atoms in total. The molecule has 0 saturated heterocycles. The van der Waals surface area contributed by atoms with E-state index in [0.29, 0.717) is 0 Å². The molecule has 0 fully saturated rings. The molecule has 9 N–H and O–H groups in total. The second kappa shape index (κ2) is 21.6. The summed E-state index contributed by atoms with van der Waals surface area (Å²) in [5, 5.41) is 7.00.